The van der Waals surface area contributed by atoms with Crippen molar-refractivity contribution in [3.8, 4) is 5.75 Å². The van der Waals surface area contributed by atoms with Gasteiger partial charge >= 0.3 is 5.97 Å². The van der Waals surface area contributed by atoms with Crippen molar-refractivity contribution in [3.63, 3.8) is 0 Å². The van der Waals surface area contributed by atoms with Crippen LogP contribution in [0.4, 0.5) is 5.69 Å². The first-order chi connectivity index (χ1) is 16.1. The van der Waals surface area contributed by atoms with Gasteiger partial charge in [0.1, 0.15) is 5.75 Å². The summed E-state index contributed by atoms with van der Waals surface area (Å²) in [5.74, 6) is 0.157. The van der Waals surface area contributed by atoms with Gasteiger partial charge in [-0.3, -0.25) is 9.59 Å². The van der Waals surface area contributed by atoms with Gasteiger partial charge in [0.15, 0.2) is 0 Å². The summed E-state index contributed by atoms with van der Waals surface area (Å²) in [7, 11) is 0. The number of nitrogens with one attached hydrogen (secondary N) is 1. The number of para-hydroxylation sites is 2. The van der Waals surface area contributed by atoms with Crippen LogP contribution < -0.4 is 10.1 Å². The molecule has 0 aliphatic carbocycles. The highest BCUT2D eigenvalue weighted by molar-refractivity contribution is 5.92. The fourth-order valence-corrected chi connectivity index (χ4v) is 3.92. The molecule has 1 rings (SSSR count). The van der Waals surface area contributed by atoms with Gasteiger partial charge < -0.3 is 15.2 Å². The number of anilines is 1. The fraction of sp³-hybridized carbons (Fsp3) is 0.714. The lowest BCUT2D eigenvalue weighted by Crippen LogP contribution is -2.12. The quantitative estimate of drug-likeness (QED) is 0.171. The zero-order chi connectivity index (χ0) is 24.0. The number of aliphatic carboxylic acids is 1. The summed E-state index contributed by atoms with van der Waals surface area (Å²) in [6.07, 6.45) is 19.6. The van der Waals surface area contributed by atoms with E-state index in [1.165, 1.54) is 64.2 Å². The topological polar surface area (TPSA) is 75.6 Å². The molecule has 5 heteroatoms. The largest absolute Gasteiger partial charge is 0.491 e. The number of rotatable bonds is 22. The van der Waals surface area contributed by atoms with Crippen molar-refractivity contribution in [2.75, 3.05) is 11.9 Å². The van der Waals surface area contributed by atoms with Gasteiger partial charge in [0, 0.05) is 12.8 Å². The number of hydrogen-bond acceptors (Lipinski definition) is 3. The highest BCUT2D eigenvalue weighted by atomic mass is 16.5. The lowest BCUT2D eigenvalue weighted by atomic mass is 10.0. The monoisotopic (exact) mass is 461 g/mol. The van der Waals surface area contributed by atoms with Crippen molar-refractivity contribution in [3.05, 3.63) is 24.3 Å². The summed E-state index contributed by atoms with van der Waals surface area (Å²) in [5, 5.41) is 11.6. The van der Waals surface area contributed by atoms with Crippen molar-refractivity contribution in [2.45, 2.75) is 122 Å². The van der Waals surface area contributed by atoms with Crippen molar-refractivity contribution in [1.29, 1.82) is 0 Å². The summed E-state index contributed by atoms with van der Waals surface area (Å²) in [6, 6.07) is 7.68. The maximum atomic E-state index is 12.3. The van der Waals surface area contributed by atoms with E-state index in [1.807, 2.05) is 24.3 Å². The number of benzene rings is 1. The van der Waals surface area contributed by atoms with Gasteiger partial charge in [-0.15, -0.1) is 0 Å². The molecule has 0 atom stereocenters. The minimum atomic E-state index is -0.675. The maximum absolute atomic E-state index is 12.3. The second-order valence-corrected chi connectivity index (χ2v) is 9.09. The molecule has 0 spiro atoms. The Hall–Kier alpha value is -2.04. The second kappa shape index (κ2) is 20.6. The number of amides is 1. The van der Waals surface area contributed by atoms with Crippen LogP contribution in [0.1, 0.15) is 122 Å². The van der Waals surface area contributed by atoms with E-state index in [-0.39, 0.29) is 5.91 Å². The number of carbonyl (C=O) groups is 2. The molecule has 1 aromatic carbocycles. The van der Waals surface area contributed by atoms with E-state index in [0.29, 0.717) is 19.4 Å². The van der Waals surface area contributed by atoms with E-state index in [4.69, 9.17) is 9.84 Å². The van der Waals surface area contributed by atoms with Crippen LogP contribution in [0.15, 0.2) is 24.3 Å². The normalized spacial score (nSPS) is 10.8. The SMILES string of the molecule is CCCCOc1ccccc1NC(=O)CCCCCCCCCCCCCCCCC(=O)O. The van der Waals surface area contributed by atoms with Crippen LogP contribution in [0, 0.1) is 0 Å². The lowest BCUT2D eigenvalue weighted by molar-refractivity contribution is -0.137. The molecule has 0 saturated heterocycles. The summed E-state index contributed by atoms with van der Waals surface area (Å²) < 4.78 is 5.78. The average molecular weight is 462 g/mol. The van der Waals surface area contributed by atoms with Crippen LogP contribution in [0.25, 0.3) is 0 Å². The first-order valence-corrected chi connectivity index (χ1v) is 13.4. The Labute approximate surface area is 201 Å². The van der Waals surface area contributed by atoms with Gasteiger partial charge in [-0.2, -0.15) is 0 Å². The molecule has 0 aliphatic rings. The Morgan fingerprint density at radius 2 is 1.21 bits per heavy atom. The molecular weight excluding hydrogens is 414 g/mol. The predicted molar refractivity (Wildman–Crippen MR) is 137 cm³/mol. The Balaban J connectivity index is 1.92. The van der Waals surface area contributed by atoms with E-state index >= 15 is 0 Å². The third kappa shape index (κ3) is 17.1. The number of ether oxygens (including phenoxy) is 1. The van der Waals surface area contributed by atoms with Crippen LogP contribution >= 0.6 is 0 Å². The number of unbranched alkanes of at least 4 members (excludes halogenated alkanes) is 14. The smallest absolute Gasteiger partial charge is 0.303 e. The minimum Gasteiger partial charge on any atom is -0.491 e. The number of carboxylic acid groups (broad SMARTS) is 1. The van der Waals surface area contributed by atoms with E-state index in [1.54, 1.807) is 0 Å². The summed E-state index contributed by atoms with van der Waals surface area (Å²) in [5.41, 5.74) is 0.775. The van der Waals surface area contributed by atoms with Gasteiger partial charge in [-0.1, -0.05) is 103 Å². The van der Waals surface area contributed by atoms with Gasteiger partial charge in [0.25, 0.3) is 0 Å². The van der Waals surface area contributed by atoms with Crippen molar-refractivity contribution in [1.82, 2.24) is 0 Å². The summed E-state index contributed by atoms with van der Waals surface area (Å²) in [6.45, 7) is 2.82. The number of hydrogen-bond donors (Lipinski definition) is 2. The molecule has 1 amide bonds. The number of carboxylic acids is 1. The van der Waals surface area contributed by atoms with Gasteiger partial charge in [-0.25, -0.2) is 0 Å². The molecule has 0 fully saturated rings. The Bertz CT molecular complexity index is 632. The highest BCUT2D eigenvalue weighted by Gasteiger charge is 2.07. The zero-order valence-electron chi connectivity index (χ0n) is 20.9. The Morgan fingerprint density at radius 3 is 1.73 bits per heavy atom. The Morgan fingerprint density at radius 1 is 0.727 bits per heavy atom. The molecule has 33 heavy (non-hydrogen) atoms. The third-order valence-electron chi connectivity index (χ3n) is 5.96. The first kappa shape index (κ1) is 29.0. The molecule has 1 aromatic rings. The second-order valence-electron chi connectivity index (χ2n) is 9.09. The van der Waals surface area contributed by atoms with Crippen LogP contribution in [0.3, 0.4) is 0 Å². The van der Waals surface area contributed by atoms with Crippen LogP contribution in [-0.4, -0.2) is 23.6 Å². The minimum absolute atomic E-state index is 0.0726. The van der Waals surface area contributed by atoms with Crippen molar-refractivity contribution >= 4 is 17.6 Å². The lowest BCUT2D eigenvalue weighted by Gasteiger charge is -2.12. The molecule has 0 bridgehead atoms. The van der Waals surface area contributed by atoms with Crippen LogP contribution in [0.2, 0.25) is 0 Å². The summed E-state index contributed by atoms with van der Waals surface area (Å²) >= 11 is 0. The molecular formula is C28H47NO4. The van der Waals surface area contributed by atoms with E-state index in [2.05, 4.69) is 12.2 Å². The van der Waals surface area contributed by atoms with Gasteiger partial charge in [0.2, 0.25) is 5.91 Å². The van der Waals surface area contributed by atoms with E-state index in [0.717, 1.165) is 50.0 Å². The molecule has 0 saturated carbocycles. The van der Waals surface area contributed by atoms with E-state index in [9.17, 15) is 9.59 Å². The highest BCUT2D eigenvalue weighted by Crippen LogP contribution is 2.24. The number of carbonyl (C=O) groups excluding carboxylic acids is 1. The summed E-state index contributed by atoms with van der Waals surface area (Å²) in [4.78, 5) is 22.7. The molecule has 2 N–H and O–H groups in total. The van der Waals surface area contributed by atoms with Gasteiger partial charge in [0.05, 0.1) is 12.3 Å². The van der Waals surface area contributed by atoms with Crippen molar-refractivity contribution < 1.29 is 19.4 Å². The molecule has 0 radical (unpaired) electrons. The Kier molecular flexibility index (Phi) is 18.1. The molecule has 5 nitrogen and oxygen atoms in total. The van der Waals surface area contributed by atoms with Crippen molar-refractivity contribution in [2.24, 2.45) is 0 Å². The molecule has 188 valence electrons. The van der Waals surface area contributed by atoms with Crippen LogP contribution in [0.5, 0.6) is 5.75 Å². The first-order valence-electron chi connectivity index (χ1n) is 13.4. The molecule has 0 heterocycles. The fourth-order valence-electron chi connectivity index (χ4n) is 3.92. The maximum Gasteiger partial charge on any atom is 0.303 e. The van der Waals surface area contributed by atoms with E-state index < -0.39 is 5.97 Å². The predicted octanol–water partition coefficient (Wildman–Crippen LogP) is 8.13. The molecule has 0 aliphatic heterocycles. The van der Waals surface area contributed by atoms with Crippen LogP contribution in [-0.2, 0) is 9.59 Å². The standard InChI is InChI=1S/C28H47NO4/c1-2-3-24-33-26-21-19-18-20-25(26)29-27(30)22-16-14-12-10-8-6-4-5-7-9-11-13-15-17-23-28(31)32/h18-21H,2-17,22-24H2,1H3,(H,29,30)(H,31,32). The zero-order valence-corrected chi connectivity index (χ0v) is 20.9. The van der Waals surface area contributed by atoms with Gasteiger partial charge in [-0.05, 0) is 31.4 Å². The molecule has 0 aromatic heterocycles. The average Bonchev–Trinajstić information content (AvgIpc) is 2.80. The third-order valence-corrected chi connectivity index (χ3v) is 5.96. The molecule has 0 unspecified atom stereocenters.